The Hall–Kier alpha value is -2.70. The Kier molecular flexibility index (Phi) is 5.45. The second-order valence-corrected chi connectivity index (χ2v) is 4.29. The molecule has 2 rings (SSSR count). The molecular formula is C14H18N6O. The highest BCUT2D eigenvalue weighted by atomic mass is 16.1. The molecule has 110 valence electrons. The van der Waals surface area contributed by atoms with E-state index in [1.54, 1.807) is 12.4 Å². The molecule has 2 aromatic heterocycles. The molecule has 1 amide bonds. The Morgan fingerprint density at radius 3 is 2.43 bits per heavy atom. The number of nitrogens with zero attached hydrogens (tertiary/aromatic N) is 3. The second-order valence-electron chi connectivity index (χ2n) is 4.29. The lowest BCUT2D eigenvalue weighted by atomic mass is 10.4. The van der Waals surface area contributed by atoms with Gasteiger partial charge in [-0.2, -0.15) is 0 Å². The van der Waals surface area contributed by atoms with Crippen molar-refractivity contribution in [2.24, 2.45) is 0 Å². The third-order valence-electron chi connectivity index (χ3n) is 2.69. The van der Waals surface area contributed by atoms with Crippen LogP contribution in [0.5, 0.6) is 0 Å². The molecular weight excluding hydrogens is 268 g/mol. The van der Waals surface area contributed by atoms with Crippen molar-refractivity contribution in [3.63, 3.8) is 0 Å². The SMILES string of the molecule is CCC(=O)NCCNc1ccc(Nc2ccncc2)nn1. The smallest absolute Gasteiger partial charge is 0.219 e. The lowest BCUT2D eigenvalue weighted by Crippen LogP contribution is -2.28. The molecule has 0 aliphatic heterocycles. The highest BCUT2D eigenvalue weighted by molar-refractivity contribution is 5.75. The fourth-order valence-electron chi connectivity index (χ4n) is 1.59. The van der Waals surface area contributed by atoms with Gasteiger partial charge in [-0.25, -0.2) is 0 Å². The first-order valence-electron chi connectivity index (χ1n) is 6.79. The first-order valence-corrected chi connectivity index (χ1v) is 6.79. The zero-order chi connectivity index (χ0) is 14.9. The second kappa shape index (κ2) is 7.78. The number of anilines is 3. The summed E-state index contributed by atoms with van der Waals surface area (Å²) in [5.41, 5.74) is 0.905. The van der Waals surface area contributed by atoms with Gasteiger partial charge in [0, 0.05) is 37.6 Å². The maximum Gasteiger partial charge on any atom is 0.219 e. The molecule has 2 aromatic rings. The van der Waals surface area contributed by atoms with E-state index in [1.807, 2.05) is 31.2 Å². The molecule has 7 nitrogen and oxygen atoms in total. The van der Waals surface area contributed by atoms with E-state index < -0.39 is 0 Å². The quantitative estimate of drug-likeness (QED) is 0.669. The summed E-state index contributed by atoms with van der Waals surface area (Å²) in [5, 5.41) is 17.1. The lowest BCUT2D eigenvalue weighted by molar-refractivity contribution is -0.120. The summed E-state index contributed by atoms with van der Waals surface area (Å²) in [5.74, 6) is 1.37. The van der Waals surface area contributed by atoms with Gasteiger partial charge < -0.3 is 16.0 Å². The first-order chi connectivity index (χ1) is 10.3. The van der Waals surface area contributed by atoms with Gasteiger partial charge in [0.15, 0.2) is 5.82 Å². The molecule has 0 bridgehead atoms. The maximum atomic E-state index is 11.1. The van der Waals surface area contributed by atoms with Crippen molar-refractivity contribution in [3.8, 4) is 0 Å². The molecule has 0 saturated carbocycles. The van der Waals surface area contributed by atoms with Crippen molar-refractivity contribution in [1.82, 2.24) is 20.5 Å². The highest BCUT2D eigenvalue weighted by Crippen LogP contribution is 2.12. The number of rotatable bonds is 7. The highest BCUT2D eigenvalue weighted by Gasteiger charge is 1.99. The van der Waals surface area contributed by atoms with Crippen molar-refractivity contribution < 1.29 is 4.79 Å². The lowest BCUT2D eigenvalue weighted by Gasteiger charge is -2.07. The summed E-state index contributed by atoms with van der Waals surface area (Å²) >= 11 is 0. The van der Waals surface area contributed by atoms with E-state index in [-0.39, 0.29) is 5.91 Å². The first kappa shape index (κ1) is 14.7. The fraction of sp³-hybridized carbons (Fsp3) is 0.286. The molecule has 0 saturated heterocycles. The topological polar surface area (TPSA) is 91.8 Å². The molecule has 0 aliphatic carbocycles. The number of pyridine rings is 1. The third-order valence-corrected chi connectivity index (χ3v) is 2.69. The molecule has 21 heavy (non-hydrogen) atoms. The standard InChI is InChI=1S/C14H18N6O/c1-2-14(21)17-10-9-16-12-3-4-13(20-19-12)18-11-5-7-15-8-6-11/h3-8H,2,9-10H2,1H3,(H,16,19)(H,17,21)(H,15,18,20). The van der Waals surface area contributed by atoms with Gasteiger partial charge in [-0.3, -0.25) is 9.78 Å². The Labute approximate surface area is 123 Å². The van der Waals surface area contributed by atoms with E-state index in [2.05, 4.69) is 31.1 Å². The maximum absolute atomic E-state index is 11.1. The van der Waals surface area contributed by atoms with Gasteiger partial charge in [0.1, 0.15) is 5.82 Å². The van der Waals surface area contributed by atoms with Crippen molar-refractivity contribution >= 4 is 23.2 Å². The predicted molar refractivity (Wildman–Crippen MR) is 81.3 cm³/mol. The molecule has 3 N–H and O–H groups in total. The Morgan fingerprint density at radius 1 is 1.05 bits per heavy atom. The normalized spacial score (nSPS) is 9.95. The molecule has 2 heterocycles. The van der Waals surface area contributed by atoms with Crippen LogP contribution in [0.3, 0.4) is 0 Å². The minimum absolute atomic E-state index is 0.0415. The van der Waals surface area contributed by atoms with Gasteiger partial charge >= 0.3 is 0 Å². The Bertz CT molecular complexity index is 557. The molecule has 0 fully saturated rings. The van der Waals surface area contributed by atoms with Crippen LogP contribution in [0.1, 0.15) is 13.3 Å². The van der Waals surface area contributed by atoms with Crippen LogP contribution in [0, 0.1) is 0 Å². The number of nitrogens with one attached hydrogen (secondary N) is 3. The predicted octanol–water partition coefficient (Wildman–Crippen LogP) is 1.55. The van der Waals surface area contributed by atoms with Crippen LogP contribution in [-0.4, -0.2) is 34.2 Å². The van der Waals surface area contributed by atoms with Crippen LogP contribution in [0.2, 0.25) is 0 Å². The molecule has 0 spiro atoms. The number of aromatic nitrogens is 3. The van der Waals surface area contributed by atoms with Crippen molar-refractivity contribution in [2.75, 3.05) is 23.7 Å². The van der Waals surface area contributed by atoms with Crippen molar-refractivity contribution in [1.29, 1.82) is 0 Å². The van der Waals surface area contributed by atoms with Gasteiger partial charge in [-0.1, -0.05) is 6.92 Å². The van der Waals surface area contributed by atoms with Crippen LogP contribution < -0.4 is 16.0 Å². The van der Waals surface area contributed by atoms with E-state index in [0.29, 0.717) is 31.1 Å². The number of hydrogen-bond donors (Lipinski definition) is 3. The van der Waals surface area contributed by atoms with Crippen LogP contribution in [0.4, 0.5) is 17.3 Å². The van der Waals surface area contributed by atoms with Crippen LogP contribution >= 0.6 is 0 Å². The summed E-state index contributed by atoms with van der Waals surface area (Å²) in [6, 6.07) is 7.37. The minimum Gasteiger partial charge on any atom is -0.367 e. The summed E-state index contributed by atoms with van der Waals surface area (Å²) in [6.07, 6.45) is 3.90. The van der Waals surface area contributed by atoms with Crippen LogP contribution in [0.15, 0.2) is 36.7 Å². The summed E-state index contributed by atoms with van der Waals surface area (Å²) in [7, 11) is 0. The van der Waals surface area contributed by atoms with Gasteiger partial charge in [0.05, 0.1) is 0 Å². The summed E-state index contributed by atoms with van der Waals surface area (Å²) in [4.78, 5) is 15.0. The molecule has 7 heteroatoms. The largest absolute Gasteiger partial charge is 0.367 e. The van der Waals surface area contributed by atoms with Crippen molar-refractivity contribution in [3.05, 3.63) is 36.7 Å². The fourth-order valence-corrected chi connectivity index (χ4v) is 1.59. The molecule has 0 radical (unpaired) electrons. The number of carbonyl (C=O) groups is 1. The van der Waals surface area contributed by atoms with E-state index >= 15 is 0 Å². The Morgan fingerprint density at radius 2 is 1.76 bits per heavy atom. The zero-order valence-electron chi connectivity index (χ0n) is 11.8. The molecule has 0 unspecified atom stereocenters. The van der Waals surface area contributed by atoms with E-state index in [1.165, 1.54) is 0 Å². The Balaban J connectivity index is 1.78. The molecule has 0 aliphatic rings. The average molecular weight is 286 g/mol. The number of amides is 1. The van der Waals surface area contributed by atoms with E-state index in [0.717, 1.165) is 5.69 Å². The third kappa shape index (κ3) is 5.06. The minimum atomic E-state index is 0.0415. The van der Waals surface area contributed by atoms with E-state index in [9.17, 15) is 4.79 Å². The van der Waals surface area contributed by atoms with Crippen LogP contribution in [0.25, 0.3) is 0 Å². The number of carbonyl (C=O) groups excluding carboxylic acids is 1. The average Bonchev–Trinajstić information content (AvgIpc) is 2.54. The van der Waals surface area contributed by atoms with Gasteiger partial charge in [-0.05, 0) is 24.3 Å². The monoisotopic (exact) mass is 286 g/mol. The zero-order valence-corrected chi connectivity index (χ0v) is 11.8. The van der Waals surface area contributed by atoms with Crippen LogP contribution in [-0.2, 0) is 4.79 Å². The van der Waals surface area contributed by atoms with Gasteiger partial charge in [0.25, 0.3) is 0 Å². The summed E-state index contributed by atoms with van der Waals surface area (Å²) in [6.45, 7) is 2.99. The van der Waals surface area contributed by atoms with Gasteiger partial charge in [-0.15, -0.1) is 10.2 Å². The molecule has 0 aromatic carbocycles. The van der Waals surface area contributed by atoms with Gasteiger partial charge in [0.2, 0.25) is 5.91 Å². The van der Waals surface area contributed by atoms with E-state index in [4.69, 9.17) is 0 Å². The van der Waals surface area contributed by atoms with Crippen molar-refractivity contribution in [2.45, 2.75) is 13.3 Å². The number of hydrogen-bond acceptors (Lipinski definition) is 6. The molecule has 0 atom stereocenters. The summed E-state index contributed by atoms with van der Waals surface area (Å²) < 4.78 is 0.